The summed E-state index contributed by atoms with van der Waals surface area (Å²) in [6.45, 7) is 5.71. The Morgan fingerprint density at radius 3 is 2.45 bits per heavy atom. The molecule has 2 aromatic carbocycles. The van der Waals surface area contributed by atoms with Crippen LogP contribution in [0.2, 0.25) is 5.02 Å². The quantitative estimate of drug-likeness (QED) is 0.373. The number of benzene rings is 2. The Morgan fingerprint density at radius 1 is 1.05 bits per heavy atom. The molecule has 2 aliphatic heterocycles. The third-order valence-electron chi connectivity index (χ3n) is 8.57. The van der Waals surface area contributed by atoms with E-state index in [4.69, 9.17) is 21.6 Å². The van der Waals surface area contributed by atoms with Crippen LogP contribution in [0.3, 0.4) is 0 Å². The maximum Gasteiger partial charge on any atom is 0.228 e. The van der Waals surface area contributed by atoms with Crippen LogP contribution in [-0.2, 0) is 9.59 Å². The Balaban J connectivity index is 1.41. The van der Waals surface area contributed by atoms with Crippen LogP contribution in [0.4, 0.5) is 10.2 Å². The minimum absolute atomic E-state index is 0.0314. The van der Waals surface area contributed by atoms with Gasteiger partial charge in [0.15, 0.2) is 11.5 Å². The van der Waals surface area contributed by atoms with Gasteiger partial charge in [0.25, 0.3) is 0 Å². The lowest BCUT2D eigenvalue weighted by Gasteiger charge is -2.39. The van der Waals surface area contributed by atoms with Crippen LogP contribution in [0.15, 0.2) is 54.6 Å². The van der Waals surface area contributed by atoms with E-state index >= 15 is 4.39 Å². The zero-order valence-corrected chi connectivity index (χ0v) is 25.9. The highest BCUT2D eigenvalue weighted by Gasteiger charge is 2.43. The SMILES string of the molecule is COc1ccc([C@@H]2CN(c3ccc(C#N)nn3)C[C@H]2C(=O)N2CCC[C@@H](c3ccc(Cl)cc3)N(C(=O)C(C)C)CC2)c(F)c1. The normalized spacial score (nSPS) is 20.7. The monoisotopic (exact) mass is 618 g/mol. The van der Waals surface area contributed by atoms with Crippen LogP contribution in [0.25, 0.3) is 0 Å². The lowest BCUT2D eigenvalue weighted by Crippen LogP contribution is -2.48. The minimum Gasteiger partial charge on any atom is -0.497 e. The molecule has 0 saturated carbocycles. The Hall–Kier alpha value is -4.23. The van der Waals surface area contributed by atoms with Crippen molar-refractivity contribution in [3.05, 3.63) is 82.3 Å². The average Bonchev–Trinajstić information content (AvgIpc) is 3.46. The van der Waals surface area contributed by atoms with Gasteiger partial charge >= 0.3 is 0 Å². The van der Waals surface area contributed by atoms with E-state index in [9.17, 15) is 9.59 Å². The van der Waals surface area contributed by atoms with Crippen molar-refractivity contribution in [2.75, 3.05) is 44.7 Å². The number of halogens is 2. The number of rotatable bonds is 6. The minimum atomic E-state index is -0.559. The third kappa shape index (κ3) is 6.63. The van der Waals surface area contributed by atoms with Gasteiger partial charge in [-0.3, -0.25) is 9.59 Å². The fourth-order valence-corrected chi connectivity index (χ4v) is 6.38. The van der Waals surface area contributed by atoms with Crippen LogP contribution in [0.1, 0.15) is 55.5 Å². The van der Waals surface area contributed by atoms with Crippen molar-refractivity contribution >= 4 is 29.2 Å². The molecule has 3 heterocycles. The van der Waals surface area contributed by atoms with Crippen molar-refractivity contribution in [3.8, 4) is 11.8 Å². The Bertz CT molecular complexity index is 1530. The smallest absolute Gasteiger partial charge is 0.228 e. The summed E-state index contributed by atoms with van der Waals surface area (Å²) in [4.78, 5) is 33.4. The van der Waals surface area contributed by atoms with Gasteiger partial charge in [0.05, 0.1) is 19.1 Å². The van der Waals surface area contributed by atoms with Crippen molar-refractivity contribution in [3.63, 3.8) is 0 Å². The van der Waals surface area contributed by atoms with Gasteiger partial charge in [-0.1, -0.05) is 43.6 Å². The molecule has 0 radical (unpaired) electrons. The predicted molar refractivity (Wildman–Crippen MR) is 165 cm³/mol. The summed E-state index contributed by atoms with van der Waals surface area (Å²) in [7, 11) is 1.48. The second-order valence-corrected chi connectivity index (χ2v) is 12.1. The molecular weight excluding hydrogens is 583 g/mol. The largest absolute Gasteiger partial charge is 0.497 e. The molecule has 0 bridgehead atoms. The number of hydrogen-bond donors (Lipinski definition) is 0. The summed E-state index contributed by atoms with van der Waals surface area (Å²) < 4.78 is 20.6. The number of hydrogen-bond acceptors (Lipinski definition) is 7. The van der Waals surface area contributed by atoms with Crippen molar-refractivity contribution in [2.45, 2.75) is 38.6 Å². The van der Waals surface area contributed by atoms with Crippen molar-refractivity contribution in [1.29, 1.82) is 5.26 Å². The molecule has 44 heavy (non-hydrogen) atoms. The number of nitrogens with zero attached hydrogens (tertiary/aromatic N) is 6. The van der Waals surface area contributed by atoms with Crippen molar-refractivity contribution < 1.29 is 18.7 Å². The van der Waals surface area contributed by atoms with Crippen LogP contribution < -0.4 is 9.64 Å². The van der Waals surface area contributed by atoms with Crippen molar-refractivity contribution in [1.82, 2.24) is 20.0 Å². The van der Waals surface area contributed by atoms with E-state index in [0.29, 0.717) is 67.7 Å². The van der Waals surface area contributed by atoms with E-state index in [0.717, 1.165) is 5.56 Å². The molecule has 2 saturated heterocycles. The Labute approximate surface area is 262 Å². The zero-order chi connectivity index (χ0) is 31.4. The van der Waals surface area contributed by atoms with E-state index < -0.39 is 17.7 Å². The predicted octanol–water partition coefficient (Wildman–Crippen LogP) is 5.22. The molecule has 1 aromatic heterocycles. The topological polar surface area (TPSA) is 103 Å². The van der Waals surface area contributed by atoms with Gasteiger partial charge in [-0.15, -0.1) is 10.2 Å². The van der Waals surface area contributed by atoms with Gasteiger partial charge in [-0.2, -0.15) is 5.26 Å². The second-order valence-electron chi connectivity index (χ2n) is 11.6. The molecule has 0 unspecified atom stereocenters. The van der Waals surface area contributed by atoms with Crippen LogP contribution in [0.5, 0.6) is 5.75 Å². The van der Waals surface area contributed by atoms with Crippen LogP contribution >= 0.6 is 11.6 Å². The number of amides is 2. The molecule has 2 aliphatic rings. The molecule has 3 atom stereocenters. The maximum atomic E-state index is 15.4. The van der Waals surface area contributed by atoms with Gasteiger partial charge < -0.3 is 19.4 Å². The molecular formula is C33H36ClFN6O3. The van der Waals surface area contributed by atoms with Crippen molar-refractivity contribution in [2.24, 2.45) is 11.8 Å². The highest BCUT2D eigenvalue weighted by molar-refractivity contribution is 6.30. The maximum absolute atomic E-state index is 15.4. The zero-order valence-electron chi connectivity index (χ0n) is 25.1. The first kappa shape index (κ1) is 31.2. The van der Waals surface area contributed by atoms with Gasteiger partial charge in [-0.25, -0.2) is 4.39 Å². The van der Waals surface area contributed by atoms with Gasteiger partial charge in [-0.05, 0) is 54.3 Å². The summed E-state index contributed by atoms with van der Waals surface area (Å²) >= 11 is 6.14. The first-order chi connectivity index (χ1) is 21.2. The summed E-state index contributed by atoms with van der Waals surface area (Å²) in [5.41, 5.74) is 1.64. The number of carbonyl (C=O) groups is 2. The lowest BCUT2D eigenvalue weighted by atomic mass is 9.87. The number of ether oxygens (including phenoxy) is 1. The molecule has 0 N–H and O–H groups in total. The van der Waals surface area contributed by atoms with Gasteiger partial charge in [0.1, 0.15) is 17.6 Å². The van der Waals surface area contributed by atoms with E-state index in [-0.39, 0.29) is 29.5 Å². The van der Waals surface area contributed by atoms with Crippen LogP contribution in [0, 0.1) is 29.0 Å². The van der Waals surface area contributed by atoms with Gasteiger partial charge in [0, 0.05) is 55.6 Å². The van der Waals surface area contributed by atoms with Gasteiger partial charge in [0.2, 0.25) is 11.8 Å². The molecule has 5 rings (SSSR count). The molecule has 3 aromatic rings. The molecule has 0 aliphatic carbocycles. The van der Waals surface area contributed by atoms with E-state index in [2.05, 4.69) is 10.2 Å². The third-order valence-corrected chi connectivity index (χ3v) is 8.82. The molecule has 2 fully saturated rings. The average molecular weight is 619 g/mol. The number of nitriles is 1. The summed E-state index contributed by atoms with van der Waals surface area (Å²) in [6, 6.07) is 17.5. The molecule has 230 valence electrons. The standard InChI is InChI=1S/C33H36ClFN6O3/c1-21(2)32(42)41-16-15-39(14-4-5-30(41)22-6-8-23(34)9-7-22)33(43)28-20-40(31-13-10-24(18-36)37-38-31)19-27(28)26-12-11-25(44-3)17-29(26)35/h6-13,17,21,27-28,30H,4-5,14-16,19-20H2,1-3H3/t27-,28+,30-/m0/s1. The number of methoxy groups -OCH3 is 1. The van der Waals surface area contributed by atoms with E-state index in [1.165, 1.54) is 13.2 Å². The lowest BCUT2D eigenvalue weighted by molar-refractivity contribution is -0.142. The van der Waals surface area contributed by atoms with E-state index in [1.54, 1.807) is 24.3 Å². The molecule has 11 heteroatoms. The highest BCUT2D eigenvalue weighted by Crippen LogP contribution is 2.38. The number of carbonyl (C=O) groups excluding carboxylic acids is 2. The number of aromatic nitrogens is 2. The first-order valence-corrected chi connectivity index (χ1v) is 15.2. The highest BCUT2D eigenvalue weighted by atomic mass is 35.5. The summed E-state index contributed by atoms with van der Waals surface area (Å²) in [5, 5.41) is 17.9. The second kappa shape index (κ2) is 13.6. The van der Waals surface area contributed by atoms with E-state index in [1.807, 2.05) is 58.9 Å². The summed E-state index contributed by atoms with van der Waals surface area (Å²) in [5.74, 6) is -0.788. The summed E-state index contributed by atoms with van der Waals surface area (Å²) in [6.07, 6.45) is 1.39. The Morgan fingerprint density at radius 2 is 1.82 bits per heavy atom. The Kier molecular flexibility index (Phi) is 9.64. The fraction of sp³-hybridized carbons (Fsp3) is 0.424. The molecule has 2 amide bonds. The molecule has 0 spiro atoms. The molecule has 9 nitrogen and oxygen atoms in total. The first-order valence-electron chi connectivity index (χ1n) is 14.9. The number of anilines is 1. The fourth-order valence-electron chi connectivity index (χ4n) is 6.25. The van der Waals surface area contributed by atoms with Crippen LogP contribution in [-0.4, -0.2) is 71.6 Å².